The van der Waals surface area contributed by atoms with Crippen LogP contribution in [-0.4, -0.2) is 0 Å². The molecule has 0 radical (unpaired) electrons. The Morgan fingerprint density at radius 3 is 1.85 bits per heavy atom. The van der Waals surface area contributed by atoms with Crippen LogP contribution in [-0.2, 0) is 0 Å². The van der Waals surface area contributed by atoms with Crippen molar-refractivity contribution >= 4 is 27.8 Å². The van der Waals surface area contributed by atoms with Crippen molar-refractivity contribution in [1.82, 2.24) is 0 Å². The summed E-state index contributed by atoms with van der Waals surface area (Å²) >= 11 is 0. The highest BCUT2D eigenvalue weighted by Crippen LogP contribution is 2.42. The Labute approximate surface area is 252 Å². The molecule has 194 valence electrons. The van der Waals surface area contributed by atoms with Gasteiger partial charge in [0.2, 0.25) is 0 Å². The maximum atomic E-state index is 9.69. The highest BCUT2D eigenvalue weighted by Gasteiger charge is 2.18. The first kappa shape index (κ1) is 17.3. The summed E-state index contributed by atoms with van der Waals surface area (Å²) in [6, 6.07) is 35.9. The van der Waals surface area contributed by atoms with Gasteiger partial charge in [-0.05, 0) is 68.8 Å². The first-order chi connectivity index (χ1) is 23.7. The molecule has 41 heavy (non-hydrogen) atoms. The number of rotatable bonds is 6. The number of nitrogens with zero attached hydrogens (tertiary/aromatic N) is 1. The molecule has 0 fully saturated rings. The minimum atomic E-state index is -0.439. The summed E-state index contributed by atoms with van der Waals surface area (Å²) in [6.07, 6.45) is 0. The molecule has 0 atom stereocenters. The van der Waals surface area contributed by atoms with E-state index in [1.54, 1.807) is 42.5 Å². The van der Waals surface area contributed by atoms with Crippen molar-refractivity contribution in [1.29, 1.82) is 0 Å². The van der Waals surface area contributed by atoms with Crippen molar-refractivity contribution in [3.8, 4) is 33.4 Å². The van der Waals surface area contributed by atoms with Crippen LogP contribution in [0.15, 0.2) is 176 Å². The fraction of sp³-hybridized carbons (Fsp3) is 0. The number of para-hydroxylation sites is 1. The van der Waals surface area contributed by atoms with Gasteiger partial charge in [-0.25, -0.2) is 0 Å². The first-order valence-corrected chi connectivity index (χ1v) is 13.4. The lowest BCUT2D eigenvalue weighted by atomic mass is 9.97. The summed E-state index contributed by atoms with van der Waals surface area (Å²) < 4.78 is 73.9. The smallest absolute Gasteiger partial charge is 0.0651 e. The van der Waals surface area contributed by atoms with Gasteiger partial charge in [-0.1, -0.05) is 145 Å². The van der Waals surface area contributed by atoms with Gasteiger partial charge in [0.1, 0.15) is 0 Å². The normalized spacial score (nSPS) is 13.7. The average molecular weight is 532 g/mol. The lowest BCUT2D eigenvalue weighted by Gasteiger charge is -2.28. The number of hydrogen-bond donors (Lipinski definition) is 0. The van der Waals surface area contributed by atoms with Crippen LogP contribution in [0.1, 0.15) is 11.0 Å². The zero-order valence-corrected chi connectivity index (χ0v) is 22.1. The third-order valence-electron chi connectivity index (χ3n) is 7.02. The first-order valence-electron chi connectivity index (χ1n) is 17.4. The van der Waals surface area contributed by atoms with Gasteiger partial charge in [-0.15, -0.1) is 0 Å². The van der Waals surface area contributed by atoms with Gasteiger partial charge in [0.05, 0.1) is 16.7 Å². The molecule has 0 heterocycles. The predicted octanol–water partition coefficient (Wildman–Crippen LogP) is 11.3. The summed E-state index contributed by atoms with van der Waals surface area (Å²) in [5.41, 5.74) is 2.87. The maximum absolute atomic E-state index is 9.69. The molecule has 0 aromatic heterocycles. The summed E-state index contributed by atoms with van der Waals surface area (Å²) in [4.78, 5) is 1.41. The molecular weight excluding hydrogens is 494 g/mol. The third-order valence-corrected chi connectivity index (χ3v) is 7.02. The molecule has 1 nitrogen and oxygen atoms in total. The van der Waals surface area contributed by atoms with Crippen molar-refractivity contribution in [3.63, 3.8) is 0 Å². The number of anilines is 3. The molecule has 0 saturated heterocycles. The molecule has 0 unspecified atom stereocenters. The SMILES string of the molecule is [2H]c1c([2H])c(-c2cccc3ccccc23)c([2H])c(N(c2ccccc2-c2ccccc2)c2c([2H])c([2H])c(-c3ccccc3)c([2H])c2[2H])c1[2H]. The van der Waals surface area contributed by atoms with Crippen LogP contribution in [0.25, 0.3) is 44.2 Å². The van der Waals surface area contributed by atoms with Crippen molar-refractivity contribution in [2.75, 3.05) is 4.90 Å². The van der Waals surface area contributed by atoms with E-state index >= 15 is 0 Å². The molecule has 0 aliphatic heterocycles. The van der Waals surface area contributed by atoms with Crippen molar-refractivity contribution in [3.05, 3.63) is 176 Å². The lowest BCUT2D eigenvalue weighted by molar-refractivity contribution is 1.28. The zero-order valence-electron chi connectivity index (χ0n) is 30.1. The fourth-order valence-electron chi connectivity index (χ4n) is 5.07. The van der Waals surface area contributed by atoms with Gasteiger partial charge >= 0.3 is 0 Å². The molecule has 0 saturated carbocycles. The van der Waals surface area contributed by atoms with Gasteiger partial charge in [-0.2, -0.15) is 0 Å². The molecule has 0 aliphatic carbocycles. The Balaban J connectivity index is 1.62. The molecule has 1 heteroatoms. The molecule has 7 aromatic rings. The van der Waals surface area contributed by atoms with Crippen LogP contribution in [0.2, 0.25) is 0 Å². The van der Waals surface area contributed by atoms with E-state index < -0.39 is 12.1 Å². The average Bonchev–Trinajstić information content (AvgIpc) is 3.13. The van der Waals surface area contributed by atoms with Gasteiger partial charge in [0.25, 0.3) is 0 Å². The maximum Gasteiger partial charge on any atom is 0.0651 e. The van der Waals surface area contributed by atoms with Crippen LogP contribution in [0.3, 0.4) is 0 Å². The largest absolute Gasteiger partial charge is 0.310 e. The Morgan fingerprint density at radius 1 is 0.415 bits per heavy atom. The van der Waals surface area contributed by atoms with Gasteiger partial charge < -0.3 is 4.90 Å². The van der Waals surface area contributed by atoms with Crippen LogP contribution in [0, 0.1) is 0 Å². The molecule has 0 bridgehead atoms. The monoisotopic (exact) mass is 531 g/mol. The number of hydrogen-bond acceptors (Lipinski definition) is 1. The molecule has 7 aromatic carbocycles. The van der Waals surface area contributed by atoms with E-state index in [1.165, 1.54) is 4.90 Å². The minimum Gasteiger partial charge on any atom is -0.310 e. The van der Waals surface area contributed by atoms with E-state index in [1.807, 2.05) is 84.9 Å². The molecule has 0 N–H and O–H groups in total. The van der Waals surface area contributed by atoms with E-state index in [-0.39, 0.29) is 58.8 Å². The predicted molar refractivity (Wildman–Crippen MR) is 175 cm³/mol. The highest BCUT2D eigenvalue weighted by molar-refractivity contribution is 5.98. The van der Waals surface area contributed by atoms with E-state index in [4.69, 9.17) is 5.48 Å². The zero-order chi connectivity index (χ0) is 34.4. The van der Waals surface area contributed by atoms with Crippen molar-refractivity contribution < 1.29 is 11.0 Å². The summed E-state index contributed by atoms with van der Waals surface area (Å²) in [5.74, 6) is 0. The molecule has 0 aliphatic rings. The van der Waals surface area contributed by atoms with E-state index in [0.717, 1.165) is 16.3 Å². The van der Waals surface area contributed by atoms with Gasteiger partial charge in [0.15, 0.2) is 0 Å². The van der Waals surface area contributed by atoms with Crippen molar-refractivity contribution in [2.24, 2.45) is 0 Å². The quantitative estimate of drug-likeness (QED) is 0.206. The molecular formula is C40H29N. The van der Waals surface area contributed by atoms with Gasteiger partial charge in [0, 0.05) is 16.9 Å². The van der Waals surface area contributed by atoms with Crippen LogP contribution >= 0.6 is 0 Å². The molecule has 0 amide bonds. The van der Waals surface area contributed by atoms with E-state index in [9.17, 15) is 5.48 Å². The Kier molecular flexibility index (Phi) is 4.65. The van der Waals surface area contributed by atoms with E-state index in [0.29, 0.717) is 22.4 Å². The topological polar surface area (TPSA) is 3.24 Å². The van der Waals surface area contributed by atoms with Gasteiger partial charge in [-0.3, -0.25) is 0 Å². The number of fused-ring (bicyclic) bond motifs is 1. The Morgan fingerprint density at radius 2 is 1.05 bits per heavy atom. The number of benzene rings is 7. The molecule has 7 rings (SSSR count). The Hall–Kier alpha value is -5.40. The van der Waals surface area contributed by atoms with Crippen LogP contribution in [0.4, 0.5) is 17.1 Å². The fourth-order valence-corrected chi connectivity index (χ4v) is 5.07. The summed E-state index contributed by atoms with van der Waals surface area (Å²) in [5, 5.41) is 1.65. The lowest BCUT2D eigenvalue weighted by Crippen LogP contribution is -2.11. The summed E-state index contributed by atoms with van der Waals surface area (Å²) in [6.45, 7) is 0. The van der Waals surface area contributed by atoms with Crippen LogP contribution < -0.4 is 4.90 Å². The second-order valence-corrected chi connectivity index (χ2v) is 9.56. The van der Waals surface area contributed by atoms with Crippen LogP contribution in [0.5, 0.6) is 0 Å². The highest BCUT2D eigenvalue weighted by atomic mass is 15.1. The van der Waals surface area contributed by atoms with E-state index in [2.05, 4.69) is 0 Å². The molecule has 0 spiro atoms. The minimum absolute atomic E-state index is 0.124. The second-order valence-electron chi connectivity index (χ2n) is 9.56. The summed E-state index contributed by atoms with van der Waals surface area (Å²) in [7, 11) is 0. The second kappa shape index (κ2) is 11.0. The van der Waals surface area contributed by atoms with Crippen molar-refractivity contribution in [2.45, 2.75) is 0 Å². The standard InChI is InChI=1S/C40H29N/c1-3-13-30(14-4-1)31-25-27-35(28-26-31)41(40-24-10-9-22-39(40)33-15-5-2-6-16-33)36-20-11-19-34(29-36)38-23-12-18-32-17-7-8-21-37(32)38/h1-29H/i11D,19D,20D,25D,26D,27D,28D,29D. The third kappa shape index (κ3) is 4.90. The Bertz CT molecular complexity index is 2340.